The highest BCUT2D eigenvalue weighted by Crippen LogP contribution is 2.47. The molecule has 0 radical (unpaired) electrons. The van der Waals surface area contributed by atoms with Crippen molar-refractivity contribution in [2.24, 2.45) is 11.8 Å². The van der Waals surface area contributed by atoms with E-state index >= 15 is 0 Å². The van der Waals surface area contributed by atoms with Gasteiger partial charge in [-0.25, -0.2) is 13.1 Å². The molecule has 0 amide bonds. The van der Waals surface area contributed by atoms with Crippen LogP contribution in [-0.2, 0) is 10.0 Å². The average molecular weight is 385 g/mol. The number of hydrogen-bond donors (Lipinski definition) is 1. The third kappa shape index (κ3) is 4.56. The molecule has 2 unspecified atom stereocenters. The lowest BCUT2D eigenvalue weighted by Gasteiger charge is -2.19. The van der Waals surface area contributed by atoms with Gasteiger partial charge in [0.15, 0.2) is 0 Å². The van der Waals surface area contributed by atoms with Crippen LogP contribution in [0.3, 0.4) is 0 Å². The van der Waals surface area contributed by atoms with E-state index in [2.05, 4.69) is 16.4 Å². The van der Waals surface area contributed by atoms with Crippen LogP contribution in [0.1, 0.15) is 24.9 Å². The molecule has 0 aromatic heterocycles. The van der Waals surface area contributed by atoms with Gasteiger partial charge in [-0.3, -0.25) is 0 Å². The number of rotatable bonds is 6. The molecule has 2 aromatic carbocycles. The minimum atomic E-state index is -4.82. The van der Waals surface area contributed by atoms with Crippen molar-refractivity contribution in [2.45, 2.75) is 30.6 Å². The first-order valence-electron chi connectivity index (χ1n) is 8.09. The van der Waals surface area contributed by atoms with Crippen molar-refractivity contribution < 1.29 is 26.3 Å². The van der Waals surface area contributed by atoms with Crippen LogP contribution >= 0.6 is 0 Å². The van der Waals surface area contributed by atoms with Crippen LogP contribution in [0.15, 0.2) is 59.5 Å². The summed E-state index contributed by atoms with van der Waals surface area (Å²) in [5.74, 6) is 0.136. The van der Waals surface area contributed by atoms with Gasteiger partial charge in [-0.1, -0.05) is 37.3 Å². The summed E-state index contributed by atoms with van der Waals surface area (Å²) in [4.78, 5) is -0.110. The molecule has 2 aromatic rings. The summed E-state index contributed by atoms with van der Waals surface area (Å²) in [6.45, 7) is 2.05. The van der Waals surface area contributed by atoms with Gasteiger partial charge < -0.3 is 4.74 Å². The molecular formula is C18H18F3NO3S. The average Bonchev–Trinajstić information content (AvgIpc) is 3.29. The number of nitrogens with one attached hydrogen (secondary N) is 1. The zero-order chi connectivity index (χ0) is 18.9. The molecule has 0 spiro atoms. The first-order valence-corrected chi connectivity index (χ1v) is 9.57. The fourth-order valence-corrected chi connectivity index (χ4v) is 4.21. The molecule has 3 rings (SSSR count). The van der Waals surface area contributed by atoms with Crippen molar-refractivity contribution in [3.05, 3.63) is 60.2 Å². The Kier molecular flexibility index (Phi) is 4.98. The third-order valence-electron chi connectivity index (χ3n) is 4.41. The Morgan fingerprint density at radius 2 is 1.65 bits per heavy atom. The molecule has 3 atom stereocenters. The molecule has 1 saturated carbocycles. The van der Waals surface area contributed by atoms with Gasteiger partial charge in [0.25, 0.3) is 0 Å². The van der Waals surface area contributed by atoms with Gasteiger partial charge in [-0.05, 0) is 48.1 Å². The number of sulfonamides is 1. The molecule has 26 heavy (non-hydrogen) atoms. The highest BCUT2D eigenvalue weighted by atomic mass is 32.2. The second-order valence-corrected chi connectivity index (χ2v) is 8.12. The lowest BCUT2D eigenvalue weighted by Crippen LogP contribution is -2.30. The smallest absolute Gasteiger partial charge is 0.406 e. The van der Waals surface area contributed by atoms with Gasteiger partial charge in [0, 0.05) is 0 Å². The van der Waals surface area contributed by atoms with E-state index in [1.807, 2.05) is 30.3 Å². The molecule has 4 nitrogen and oxygen atoms in total. The Morgan fingerprint density at radius 3 is 2.15 bits per heavy atom. The maximum Gasteiger partial charge on any atom is 0.573 e. The zero-order valence-corrected chi connectivity index (χ0v) is 14.7. The van der Waals surface area contributed by atoms with Crippen LogP contribution in [0.4, 0.5) is 13.2 Å². The van der Waals surface area contributed by atoms with Crippen LogP contribution in [0.2, 0.25) is 0 Å². The van der Waals surface area contributed by atoms with Gasteiger partial charge in [0.2, 0.25) is 10.0 Å². The van der Waals surface area contributed by atoms with Gasteiger partial charge in [-0.2, -0.15) is 0 Å². The molecule has 0 aliphatic heterocycles. The van der Waals surface area contributed by atoms with Gasteiger partial charge in [0.1, 0.15) is 5.75 Å². The minimum absolute atomic E-state index is 0.110. The van der Waals surface area contributed by atoms with Crippen molar-refractivity contribution in [1.82, 2.24) is 4.72 Å². The number of alkyl halides is 3. The van der Waals surface area contributed by atoms with Crippen molar-refractivity contribution in [3.8, 4) is 5.75 Å². The summed E-state index contributed by atoms with van der Waals surface area (Å²) in [6, 6.07) is 13.0. The van der Waals surface area contributed by atoms with Crippen LogP contribution in [-0.4, -0.2) is 14.8 Å². The quantitative estimate of drug-likeness (QED) is 0.808. The molecule has 1 aliphatic carbocycles. The number of ether oxygens (including phenoxy) is 1. The highest BCUT2D eigenvalue weighted by Gasteiger charge is 2.42. The second-order valence-electron chi connectivity index (χ2n) is 6.41. The monoisotopic (exact) mass is 385 g/mol. The summed E-state index contributed by atoms with van der Waals surface area (Å²) >= 11 is 0. The molecule has 8 heteroatoms. The first kappa shape index (κ1) is 18.7. The fraction of sp³-hybridized carbons (Fsp3) is 0.333. The largest absolute Gasteiger partial charge is 0.573 e. The molecule has 1 fully saturated rings. The van der Waals surface area contributed by atoms with E-state index in [4.69, 9.17) is 0 Å². The van der Waals surface area contributed by atoms with E-state index in [-0.39, 0.29) is 16.9 Å². The third-order valence-corrected chi connectivity index (χ3v) is 5.87. The van der Waals surface area contributed by atoms with Crippen molar-refractivity contribution in [3.63, 3.8) is 0 Å². The molecule has 0 heterocycles. The number of hydrogen-bond acceptors (Lipinski definition) is 3. The summed E-state index contributed by atoms with van der Waals surface area (Å²) in [5, 5.41) is 0. The van der Waals surface area contributed by atoms with Gasteiger partial charge in [0.05, 0.1) is 10.9 Å². The van der Waals surface area contributed by atoms with Crippen molar-refractivity contribution >= 4 is 10.0 Å². The van der Waals surface area contributed by atoms with Crippen LogP contribution < -0.4 is 9.46 Å². The van der Waals surface area contributed by atoms with E-state index in [0.29, 0.717) is 5.92 Å². The molecule has 0 saturated heterocycles. The Hall–Kier alpha value is -2.06. The van der Waals surface area contributed by atoms with E-state index in [9.17, 15) is 21.6 Å². The maximum absolute atomic E-state index is 12.7. The Bertz CT molecular complexity index is 852. The van der Waals surface area contributed by atoms with Crippen LogP contribution in [0, 0.1) is 11.8 Å². The SMILES string of the molecule is CC1CC1[C@H](NS(=O)(=O)c1ccc(OC(F)(F)F)cc1)c1ccccc1. The predicted molar refractivity (Wildman–Crippen MR) is 89.9 cm³/mol. The van der Waals surface area contributed by atoms with Gasteiger partial charge >= 0.3 is 6.36 Å². The van der Waals surface area contributed by atoms with E-state index in [1.54, 1.807) is 0 Å². The summed E-state index contributed by atoms with van der Waals surface area (Å²) in [5.41, 5.74) is 0.863. The Morgan fingerprint density at radius 1 is 1.08 bits per heavy atom. The molecule has 0 bridgehead atoms. The van der Waals surface area contributed by atoms with Crippen molar-refractivity contribution in [2.75, 3.05) is 0 Å². The normalized spacial score (nSPS) is 21.2. The highest BCUT2D eigenvalue weighted by molar-refractivity contribution is 7.89. The van der Waals surface area contributed by atoms with E-state index in [0.717, 1.165) is 36.2 Å². The standard InChI is InChI=1S/C18H18F3NO3S/c1-12-11-16(12)17(13-5-3-2-4-6-13)22-26(23,24)15-9-7-14(8-10-15)25-18(19,20)21/h2-10,12,16-17,22H,11H2,1H3/t12?,16?,17-/m1/s1. The minimum Gasteiger partial charge on any atom is -0.406 e. The van der Waals surface area contributed by atoms with E-state index < -0.39 is 22.1 Å². The fourth-order valence-electron chi connectivity index (χ4n) is 2.93. The lowest BCUT2D eigenvalue weighted by atomic mass is 10.0. The lowest BCUT2D eigenvalue weighted by molar-refractivity contribution is -0.274. The summed E-state index contributed by atoms with van der Waals surface area (Å²) in [7, 11) is -3.88. The van der Waals surface area contributed by atoms with Gasteiger partial charge in [-0.15, -0.1) is 13.2 Å². The zero-order valence-electron chi connectivity index (χ0n) is 13.9. The van der Waals surface area contributed by atoms with Crippen molar-refractivity contribution in [1.29, 1.82) is 0 Å². The van der Waals surface area contributed by atoms with Crippen LogP contribution in [0.5, 0.6) is 5.75 Å². The molecule has 140 valence electrons. The summed E-state index contributed by atoms with van der Waals surface area (Å²) < 4.78 is 68.5. The molecule has 1 aliphatic rings. The van der Waals surface area contributed by atoms with Crippen LogP contribution in [0.25, 0.3) is 0 Å². The Labute approximate surface area is 150 Å². The first-order chi connectivity index (χ1) is 12.2. The predicted octanol–water partition coefficient (Wildman–Crippen LogP) is 4.26. The summed E-state index contributed by atoms with van der Waals surface area (Å²) in [6.07, 6.45) is -3.90. The number of benzene rings is 2. The van der Waals surface area contributed by atoms with E-state index in [1.165, 1.54) is 0 Å². The Balaban J connectivity index is 1.80. The molecular weight excluding hydrogens is 367 g/mol. The maximum atomic E-state index is 12.7. The number of halogens is 3. The second kappa shape index (κ2) is 6.92. The topological polar surface area (TPSA) is 55.4 Å². The molecule has 1 N–H and O–H groups in total.